The number of ketones is 1. The minimum atomic E-state index is -0.0815. The van der Waals surface area contributed by atoms with Crippen molar-refractivity contribution in [2.24, 2.45) is 41.5 Å². The second kappa shape index (κ2) is 6.37. The van der Waals surface area contributed by atoms with Crippen molar-refractivity contribution in [1.82, 2.24) is 9.55 Å². The Bertz CT molecular complexity index is 744. The molecule has 0 aliphatic heterocycles. The second-order valence-electron chi connectivity index (χ2n) is 10.4. The van der Waals surface area contributed by atoms with E-state index in [9.17, 15) is 4.79 Å². The standard InChI is InChI=1S/C23H34N2OS/c1-22-10-5-4-6-15(22)7-8-16-17(22)9-11-23(2)18(16)14-19(20(23)26)27-21-24-12-13-25(21)3/h12-13,15-19H,4-11,14H2,1-3H3/t15-,16-,17-,18-,19-,22+,23+/m1/s1. The topological polar surface area (TPSA) is 34.9 Å². The largest absolute Gasteiger partial charge is 0.329 e. The lowest BCUT2D eigenvalue weighted by Gasteiger charge is -2.59. The van der Waals surface area contributed by atoms with Crippen LogP contribution in [0.5, 0.6) is 0 Å². The van der Waals surface area contributed by atoms with E-state index in [4.69, 9.17) is 0 Å². The molecule has 0 spiro atoms. The van der Waals surface area contributed by atoms with Crippen LogP contribution in [0.25, 0.3) is 0 Å². The summed E-state index contributed by atoms with van der Waals surface area (Å²) in [6.45, 7) is 4.93. The zero-order valence-corrected chi connectivity index (χ0v) is 17.9. The monoisotopic (exact) mass is 386 g/mol. The van der Waals surface area contributed by atoms with Gasteiger partial charge in [0.2, 0.25) is 0 Å². The first-order valence-corrected chi connectivity index (χ1v) is 12.0. The maximum Gasteiger partial charge on any atom is 0.168 e. The molecule has 1 heterocycles. The van der Waals surface area contributed by atoms with Crippen molar-refractivity contribution in [2.75, 3.05) is 0 Å². The van der Waals surface area contributed by atoms with Gasteiger partial charge in [0.15, 0.2) is 10.9 Å². The molecule has 4 heteroatoms. The highest BCUT2D eigenvalue weighted by Crippen LogP contribution is 2.66. The molecule has 4 aliphatic carbocycles. The summed E-state index contributed by atoms with van der Waals surface area (Å²) in [5, 5.41) is 1.10. The number of Topliss-reactive ketones (excluding diaryl/α,β-unsaturated/α-hetero) is 1. The Morgan fingerprint density at radius 1 is 1.11 bits per heavy atom. The minimum absolute atomic E-state index is 0.0815. The zero-order valence-electron chi connectivity index (χ0n) is 17.1. The van der Waals surface area contributed by atoms with Crippen LogP contribution in [0.4, 0.5) is 0 Å². The number of thioether (sulfide) groups is 1. The Morgan fingerprint density at radius 2 is 1.96 bits per heavy atom. The molecule has 4 saturated carbocycles. The molecule has 0 aromatic carbocycles. The molecule has 0 saturated heterocycles. The molecular weight excluding hydrogens is 352 g/mol. The van der Waals surface area contributed by atoms with E-state index in [0.29, 0.717) is 17.1 Å². The quantitative estimate of drug-likeness (QED) is 0.674. The molecule has 4 fully saturated rings. The van der Waals surface area contributed by atoms with Crippen LogP contribution in [0.3, 0.4) is 0 Å². The van der Waals surface area contributed by atoms with Crippen molar-refractivity contribution in [3.8, 4) is 0 Å². The Morgan fingerprint density at radius 3 is 2.74 bits per heavy atom. The SMILES string of the molecule is Cn1ccnc1S[C@@H]1C[C@@H]2[C@@H]3CC[C@H]4CCCC[C@]4(C)[C@@H]3CC[C@]2(C)C1=O. The fourth-order valence-electron chi connectivity index (χ4n) is 7.76. The van der Waals surface area contributed by atoms with Gasteiger partial charge < -0.3 is 4.57 Å². The van der Waals surface area contributed by atoms with Crippen LogP contribution in [-0.4, -0.2) is 20.6 Å². The minimum Gasteiger partial charge on any atom is -0.329 e. The van der Waals surface area contributed by atoms with Gasteiger partial charge in [-0.25, -0.2) is 4.98 Å². The number of nitrogens with zero attached hydrogens (tertiary/aromatic N) is 2. The van der Waals surface area contributed by atoms with E-state index in [2.05, 4.69) is 23.4 Å². The van der Waals surface area contributed by atoms with Crippen LogP contribution in [0, 0.1) is 34.5 Å². The van der Waals surface area contributed by atoms with Crippen LogP contribution in [0.2, 0.25) is 0 Å². The third-order valence-corrected chi connectivity index (χ3v) is 10.6. The molecule has 3 nitrogen and oxygen atoms in total. The van der Waals surface area contributed by atoms with Crippen molar-refractivity contribution < 1.29 is 4.79 Å². The highest BCUT2D eigenvalue weighted by molar-refractivity contribution is 8.00. The van der Waals surface area contributed by atoms with Crippen molar-refractivity contribution in [1.29, 1.82) is 0 Å². The molecule has 27 heavy (non-hydrogen) atoms. The molecule has 1 aromatic rings. The summed E-state index contributed by atoms with van der Waals surface area (Å²) in [6, 6.07) is 0. The first-order valence-electron chi connectivity index (χ1n) is 11.1. The average molecular weight is 387 g/mol. The fourth-order valence-corrected chi connectivity index (χ4v) is 9.04. The summed E-state index contributed by atoms with van der Waals surface area (Å²) in [6.07, 6.45) is 15.9. The highest BCUT2D eigenvalue weighted by Gasteiger charge is 2.62. The molecule has 148 valence electrons. The van der Waals surface area contributed by atoms with E-state index in [0.717, 1.165) is 35.8 Å². The van der Waals surface area contributed by atoms with Crippen LogP contribution in [0.15, 0.2) is 17.6 Å². The highest BCUT2D eigenvalue weighted by atomic mass is 32.2. The van der Waals surface area contributed by atoms with Crippen molar-refractivity contribution in [3.05, 3.63) is 12.4 Å². The van der Waals surface area contributed by atoms with E-state index < -0.39 is 0 Å². The number of aromatic nitrogens is 2. The van der Waals surface area contributed by atoms with Gasteiger partial charge in [-0.2, -0.15) is 0 Å². The van der Waals surface area contributed by atoms with Gasteiger partial charge in [-0.05, 0) is 74.0 Å². The first-order chi connectivity index (χ1) is 12.9. The molecule has 0 bridgehead atoms. The number of hydrogen-bond acceptors (Lipinski definition) is 3. The summed E-state index contributed by atoms with van der Waals surface area (Å²) >= 11 is 1.72. The summed E-state index contributed by atoms with van der Waals surface area (Å²) in [5.74, 6) is 3.71. The van der Waals surface area contributed by atoms with E-state index in [1.165, 1.54) is 44.9 Å². The zero-order chi connectivity index (χ0) is 18.8. The maximum atomic E-state index is 13.5. The predicted octanol–water partition coefficient (Wildman–Crippen LogP) is 5.49. The lowest BCUT2D eigenvalue weighted by molar-refractivity contribution is -0.138. The molecule has 4 aliphatic rings. The fraction of sp³-hybridized carbons (Fsp3) is 0.826. The van der Waals surface area contributed by atoms with Crippen LogP contribution in [0.1, 0.15) is 71.6 Å². The predicted molar refractivity (Wildman–Crippen MR) is 110 cm³/mol. The van der Waals surface area contributed by atoms with Crippen LogP contribution >= 0.6 is 11.8 Å². The number of imidazole rings is 1. The molecule has 1 aromatic heterocycles. The Kier molecular flexibility index (Phi) is 4.31. The number of rotatable bonds is 2. The maximum absolute atomic E-state index is 13.5. The number of carbonyl (C=O) groups is 1. The van der Waals surface area contributed by atoms with Gasteiger partial charge in [-0.3, -0.25) is 4.79 Å². The number of fused-ring (bicyclic) bond motifs is 5. The van der Waals surface area contributed by atoms with Gasteiger partial charge in [0.25, 0.3) is 0 Å². The third-order valence-electron chi connectivity index (χ3n) is 9.32. The Labute approximate surface area is 168 Å². The second-order valence-corrected chi connectivity index (χ2v) is 11.6. The van der Waals surface area contributed by atoms with Crippen molar-refractivity contribution in [2.45, 2.75) is 82.0 Å². The van der Waals surface area contributed by atoms with Crippen molar-refractivity contribution in [3.63, 3.8) is 0 Å². The molecule has 0 unspecified atom stereocenters. The number of carbonyl (C=O) groups excluding carboxylic acids is 1. The molecule has 0 radical (unpaired) electrons. The molecular formula is C23H34N2OS. The van der Waals surface area contributed by atoms with E-state index in [1.807, 2.05) is 19.4 Å². The molecule has 0 amide bonds. The average Bonchev–Trinajstić information content (AvgIpc) is 3.17. The first kappa shape index (κ1) is 18.3. The summed E-state index contributed by atoms with van der Waals surface area (Å²) < 4.78 is 2.05. The molecule has 5 rings (SSSR count). The van der Waals surface area contributed by atoms with E-state index >= 15 is 0 Å². The smallest absolute Gasteiger partial charge is 0.168 e. The Balaban J connectivity index is 1.41. The van der Waals surface area contributed by atoms with Gasteiger partial charge in [-0.15, -0.1) is 0 Å². The summed E-state index contributed by atoms with van der Waals surface area (Å²) in [5.41, 5.74) is 0.471. The van der Waals surface area contributed by atoms with Gasteiger partial charge >= 0.3 is 0 Å². The van der Waals surface area contributed by atoms with E-state index in [1.54, 1.807) is 11.8 Å². The van der Waals surface area contributed by atoms with E-state index in [-0.39, 0.29) is 10.7 Å². The number of aryl methyl sites for hydroxylation is 1. The lowest BCUT2D eigenvalue weighted by Crippen LogP contribution is -2.52. The van der Waals surface area contributed by atoms with Crippen LogP contribution in [-0.2, 0) is 11.8 Å². The Hall–Kier alpha value is -0.770. The van der Waals surface area contributed by atoms with Gasteiger partial charge in [-0.1, -0.05) is 38.5 Å². The third kappa shape index (κ3) is 2.61. The number of hydrogen-bond donors (Lipinski definition) is 0. The normalized spacial score (nSPS) is 46.6. The lowest BCUT2D eigenvalue weighted by atomic mass is 9.45. The van der Waals surface area contributed by atoms with Crippen LogP contribution < -0.4 is 0 Å². The van der Waals surface area contributed by atoms with Gasteiger partial charge in [0, 0.05) is 24.9 Å². The van der Waals surface area contributed by atoms with Crippen molar-refractivity contribution >= 4 is 17.5 Å². The summed E-state index contributed by atoms with van der Waals surface area (Å²) in [4.78, 5) is 18.0. The summed E-state index contributed by atoms with van der Waals surface area (Å²) in [7, 11) is 2.03. The van der Waals surface area contributed by atoms with Gasteiger partial charge in [0.05, 0.1) is 5.25 Å². The van der Waals surface area contributed by atoms with Gasteiger partial charge in [0.1, 0.15) is 0 Å². The molecule has 0 N–H and O–H groups in total. The molecule has 7 atom stereocenters.